The summed E-state index contributed by atoms with van der Waals surface area (Å²) in [5, 5.41) is 4.34. The smallest absolute Gasteiger partial charge is 0.341 e. The molecule has 0 atom stereocenters. The third kappa shape index (κ3) is 4.59. The van der Waals surface area contributed by atoms with Crippen LogP contribution in [0, 0.1) is 5.92 Å². The van der Waals surface area contributed by atoms with Gasteiger partial charge in [0.2, 0.25) is 10.0 Å². The van der Waals surface area contributed by atoms with Gasteiger partial charge in [-0.05, 0) is 51.6 Å². The molecule has 1 saturated carbocycles. The fourth-order valence-corrected chi connectivity index (χ4v) is 4.72. The monoisotopic (exact) mass is 394 g/mol. The van der Waals surface area contributed by atoms with Crippen LogP contribution in [-0.4, -0.2) is 49.8 Å². The molecule has 8 nitrogen and oxygen atoms in total. The fourth-order valence-electron chi connectivity index (χ4n) is 3.60. The van der Waals surface area contributed by atoms with E-state index in [0.29, 0.717) is 17.8 Å². The van der Waals surface area contributed by atoms with E-state index in [1.165, 1.54) is 13.2 Å². The van der Waals surface area contributed by atoms with Gasteiger partial charge in [0, 0.05) is 23.8 Å². The second-order valence-corrected chi connectivity index (χ2v) is 8.83. The van der Waals surface area contributed by atoms with E-state index in [2.05, 4.69) is 20.0 Å². The lowest BCUT2D eigenvalue weighted by Crippen LogP contribution is -2.32. The molecule has 0 aromatic carbocycles. The van der Waals surface area contributed by atoms with Crippen molar-refractivity contribution in [3.63, 3.8) is 0 Å². The van der Waals surface area contributed by atoms with Gasteiger partial charge in [-0.3, -0.25) is 0 Å². The van der Waals surface area contributed by atoms with Gasteiger partial charge in [-0.2, -0.15) is 0 Å². The number of pyridine rings is 1. The van der Waals surface area contributed by atoms with Gasteiger partial charge in [0.25, 0.3) is 0 Å². The molecule has 1 aliphatic rings. The molecule has 3 rings (SSSR count). The Balaban J connectivity index is 1.74. The number of hydrogen-bond acceptors (Lipinski definition) is 6. The van der Waals surface area contributed by atoms with Gasteiger partial charge < -0.3 is 15.0 Å². The summed E-state index contributed by atoms with van der Waals surface area (Å²) in [5.41, 5.74) is 1.86. The second-order valence-electron chi connectivity index (χ2n) is 6.85. The maximum atomic E-state index is 12.3. The van der Waals surface area contributed by atoms with Crippen molar-refractivity contribution in [3.05, 3.63) is 24.0 Å². The normalized spacial score (nSPS) is 20.5. The summed E-state index contributed by atoms with van der Waals surface area (Å²) >= 11 is 0. The Morgan fingerprint density at radius 3 is 2.74 bits per heavy atom. The maximum absolute atomic E-state index is 12.3. The van der Waals surface area contributed by atoms with Gasteiger partial charge in [-0.25, -0.2) is 22.9 Å². The molecular formula is C18H26N4O4S. The van der Waals surface area contributed by atoms with E-state index in [1.54, 1.807) is 13.1 Å². The molecule has 2 aromatic rings. The number of carbonyl (C=O) groups is 1. The minimum atomic E-state index is -3.19. The van der Waals surface area contributed by atoms with E-state index >= 15 is 0 Å². The topological polar surface area (TPSA) is 113 Å². The molecule has 2 aromatic heterocycles. The number of anilines is 1. The number of fused-ring (bicyclic) bond motifs is 1. The van der Waals surface area contributed by atoms with Crippen LogP contribution in [-0.2, 0) is 14.8 Å². The van der Waals surface area contributed by atoms with Gasteiger partial charge in [0.1, 0.15) is 11.2 Å². The van der Waals surface area contributed by atoms with Crippen molar-refractivity contribution in [1.29, 1.82) is 0 Å². The minimum Gasteiger partial charge on any atom is -0.462 e. The number of aromatic nitrogens is 2. The Bertz CT molecular complexity index is 901. The Morgan fingerprint density at radius 1 is 1.33 bits per heavy atom. The Kier molecular flexibility index (Phi) is 6.01. The SMILES string of the molecule is CCOC(=O)c1cnc2[nH]ccc2c1NC1CCC(CS(=O)(=O)NC)CC1. The van der Waals surface area contributed by atoms with Crippen LogP contribution in [0.25, 0.3) is 11.0 Å². The van der Waals surface area contributed by atoms with E-state index in [9.17, 15) is 13.2 Å². The third-order valence-corrected chi connectivity index (χ3v) is 6.58. The number of rotatable bonds is 7. The van der Waals surface area contributed by atoms with Crippen molar-refractivity contribution in [1.82, 2.24) is 14.7 Å². The van der Waals surface area contributed by atoms with Crippen LogP contribution >= 0.6 is 0 Å². The summed E-state index contributed by atoms with van der Waals surface area (Å²) in [6.45, 7) is 2.07. The molecule has 0 amide bonds. The predicted octanol–water partition coefficient (Wildman–Crippen LogP) is 2.26. The zero-order valence-corrected chi connectivity index (χ0v) is 16.4. The van der Waals surface area contributed by atoms with Gasteiger partial charge >= 0.3 is 5.97 Å². The van der Waals surface area contributed by atoms with Crippen LogP contribution < -0.4 is 10.0 Å². The average molecular weight is 394 g/mol. The first-order valence-corrected chi connectivity index (χ1v) is 10.9. The van der Waals surface area contributed by atoms with Crippen LogP contribution in [0.15, 0.2) is 18.5 Å². The number of nitrogens with zero attached hydrogens (tertiary/aromatic N) is 1. The first kappa shape index (κ1) is 19.6. The van der Waals surface area contributed by atoms with E-state index in [0.717, 1.165) is 36.8 Å². The van der Waals surface area contributed by atoms with Gasteiger partial charge in [0.05, 0.1) is 18.0 Å². The van der Waals surface area contributed by atoms with Crippen molar-refractivity contribution < 1.29 is 17.9 Å². The number of nitrogens with one attached hydrogen (secondary N) is 3. The highest BCUT2D eigenvalue weighted by Crippen LogP contribution is 2.32. The molecule has 1 fully saturated rings. The molecule has 0 spiro atoms. The Hall–Kier alpha value is -2.13. The molecule has 0 unspecified atom stereocenters. The average Bonchev–Trinajstić information content (AvgIpc) is 3.13. The Morgan fingerprint density at radius 2 is 2.07 bits per heavy atom. The number of H-pyrrole nitrogens is 1. The van der Waals surface area contributed by atoms with E-state index in [-0.39, 0.29) is 17.7 Å². The predicted molar refractivity (Wildman–Crippen MR) is 104 cm³/mol. The van der Waals surface area contributed by atoms with Crippen molar-refractivity contribution in [3.8, 4) is 0 Å². The lowest BCUT2D eigenvalue weighted by atomic mass is 9.87. The first-order valence-electron chi connectivity index (χ1n) is 9.24. The summed E-state index contributed by atoms with van der Waals surface area (Å²) in [6.07, 6.45) is 6.67. The van der Waals surface area contributed by atoms with Crippen LogP contribution in [0.3, 0.4) is 0 Å². The van der Waals surface area contributed by atoms with Crippen molar-refractivity contribution >= 4 is 32.7 Å². The van der Waals surface area contributed by atoms with Crippen molar-refractivity contribution in [2.75, 3.05) is 24.7 Å². The molecule has 1 aliphatic carbocycles. The van der Waals surface area contributed by atoms with Crippen molar-refractivity contribution in [2.24, 2.45) is 5.92 Å². The first-order chi connectivity index (χ1) is 12.9. The molecule has 3 N–H and O–H groups in total. The van der Waals surface area contributed by atoms with E-state index < -0.39 is 16.0 Å². The molecule has 2 heterocycles. The third-order valence-electron chi connectivity index (χ3n) is 5.04. The van der Waals surface area contributed by atoms with Gasteiger partial charge in [0.15, 0.2) is 0 Å². The largest absolute Gasteiger partial charge is 0.462 e. The second kappa shape index (κ2) is 8.26. The summed E-state index contributed by atoms with van der Waals surface area (Å²) < 4.78 is 31.0. The van der Waals surface area contributed by atoms with Crippen LogP contribution in [0.1, 0.15) is 43.0 Å². The molecule has 27 heavy (non-hydrogen) atoms. The fraction of sp³-hybridized carbons (Fsp3) is 0.556. The highest BCUT2D eigenvalue weighted by atomic mass is 32.2. The van der Waals surface area contributed by atoms with E-state index in [4.69, 9.17) is 4.74 Å². The van der Waals surface area contributed by atoms with Crippen LogP contribution in [0.5, 0.6) is 0 Å². The molecular weight excluding hydrogens is 368 g/mol. The summed E-state index contributed by atoms with van der Waals surface area (Å²) in [7, 11) is -1.74. The van der Waals surface area contributed by atoms with Gasteiger partial charge in [-0.15, -0.1) is 0 Å². The molecule has 0 radical (unpaired) electrons. The summed E-state index contributed by atoms with van der Waals surface area (Å²) in [5.74, 6) is -0.0686. The number of ether oxygens (including phenoxy) is 1. The number of carbonyl (C=O) groups excluding carboxylic acids is 1. The zero-order chi connectivity index (χ0) is 19.4. The lowest BCUT2D eigenvalue weighted by molar-refractivity contribution is 0.0527. The minimum absolute atomic E-state index is 0.162. The number of aromatic amines is 1. The quantitative estimate of drug-likeness (QED) is 0.621. The maximum Gasteiger partial charge on any atom is 0.341 e. The molecule has 0 aliphatic heterocycles. The molecule has 0 saturated heterocycles. The van der Waals surface area contributed by atoms with Gasteiger partial charge in [-0.1, -0.05) is 0 Å². The number of sulfonamides is 1. The highest BCUT2D eigenvalue weighted by molar-refractivity contribution is 7.89. The Labute approximate surface area is 159 Å². The molecule has 0 bridgehead atoms. The lowest BCUT2D eigenvalue weighted by Gasteiger charge is -2.30. The highest BCUT2D eigenvalue weighted by Gasteiger charge is 2.27. The number of esters is 1. The molecule has 148 valence electrons. The van der Waals surface area contributed by atoms with Crippen LogP contribution in [0.2, 0.25) is 0 Å². The number of hydrogen-bond donors (Lipinski definition) is 3. The van der Waals surface area contributed by atoms with Crippen molar-refractivity contribution in [2.45, 2.75) is 38.6 Å². The van der Waals surface area contributed by atoms with E-state index in [1.807, 2.05) is 6.07 Å². The summed E-state index contributed by atoms with van der Waals surface area (Å²) in [6, 6.07) is 2.06. The summed E-state index contributed by atoms with van der Waals surface area (Å²) in [4.78, 5) is 19.7. The van der Waals surface area contributed by atoms with Crippen LogP contribution in [0.4, 0.5) is 5.69 Å². The standard InChI is InChI=1S/C18H26N4O4S/c1-3-26-18(23)15-10-21-17-14(8-9-20-17)16(15)22-13-6-4-12(5-7-13)11-27(24,25)19-2/h8-10,12-13,19H,3-7,11H2,1-2H3,(H2,20,21,22). The molecule has 9 heteroatoms. The zero-order valence-electron chi connectivity index (χ0n) is 15.6.